The normalized spacial score (nSPS) is 9.60. The van der Waals surface area contributed by atoms with E-state index in [-0.39, 0.29) is 17.9 Å². The smallest absolute Gasteiger partial charge is 0.404 e. The first-order valence-corrected chi connectivity index (χ1v) is 4.00. The molecule has 0 fully saturated rings. The van der Waals surface area contributed by atoms with Crippen molar-refractivity contribution in [1.29, 1.82) is 0 Å². The van der Waals surface area contributed by atoms with E-state index < -0.39 is 11.0 Å². The number of carbonyl (C=O) groups is 1. The first kappa shape index (κ1) is 10.8. The van der Waals surface area contributed by atoms with E-state index in [0.717, 1.165) is 0 Å². The second-order valence-electron chi connectivity index (χ2n) is 2.81. The molecule has 0 spiro atoms. The van der Waals surface area contributed by atoms with Gasteiger partial charge < -0.3 is 16.2 Å². The van der Waals surface area contributed by atoms with Gasteiger partial charge in [-0.2, -0.15) is 0 Å². The number of hydrogen-bond donors (Lipinski definition) is 3. The third-order valence-electron chi connectivity index (χ3n) is 1.74. The summed E-state index contributed by atoms with van der Waals surface area (Å²) in [6, 6.07) is 4.14. The van der Waals surface area contributed by atoms with E-state index in [1.165, 1.54) is 18.2 Å². The average molecular weight is 211 g/mol. The first-order chi connectivity index (χ1) is 7.00. The minimum atomic E-state index is -1.19. The fourth-order valence-corrected chi connectivity index (χ4v) is 1.03. The molecule has 1 aromatic carbocycles. The van der Waals surface area contributed by atoms with Crippen molar-refractivity contribution in [2.24, 2.45) is 0 Å². The molecule has 4 N–H and O–H groups in total. The summed E-state index contributed by atoms with van der Waals surface area (Å²) in [5, 5.41) is 20.9. The van der Waals surface area contributed by atoms with Crippen molar-refractivity contribution in [3.63, 3.8) is 0 Å². The average Bonchev–Trinajstić information content (AvgIpc) is 2.16. The Hall–Kier alpha value is -2.31. The lowest BCUT2D eigenvalue weighted by molar-refractivity contribution is -0.384. The second-order valence-corrected chi connectivity index (χ2v) is 2.81. The van der Waals surface area contributed by atoms with E-state index in [0.29, 0.717) is 5.56 Å². The van der Waals surface area contributed by atoms with Gasteiger partial charge in [0, 0.05) is 12.6 Å². The lowest BCUT2D eigenvalue weighted by Gasteiger charge is -2.02. The summed E-state index contributed by atoms with van der Waals surface area (Å²) in [5.74, 6) is 0. The summed E-state index contributed by atoms with van der Waals surface area (Å²) >= 11 is 0. The summed E-state index contributed by atoms with van der Waals surface area (Å²) < 4.78 is 0. The quantitative estimate of drug-likeness (QED) is 0.390. The molecule has 0 aromatic heterocycles. The summed E-state index contributed by atoms with van der Waals surface area (Å²) in [7, 11) is 0. The van der Waals surface area contributed by atoms with Gasteiger partial charge >= 0.3 is 6.09 Å². The van der Waals surface area contributed by atoms with Crippen LogP contribution in [0.1, 0.15) is 5.56 Å². The molecule has 7 nitrogen and oxygen atoms in total. The number of carboxylic acid groups (broad SMARTS) is 1. The fourth-order valence-electron chi connectivity index (χ4n) is 1.03. The fraction of sp³-hybridized carbons (Fsp3) is 0.125. The third-order valence-corrected chi connectivity index (χ3v) is 1.74. The zero-order valence-corrected chi connectivity index (χ0v) is 7.64. The number of nitrogens with zero attached hydrogens (tertiary/aromatic N) is 1. The van der Waals surface area contributed by atoms with Crippen LogP contribution < -0.4 is 11.1 Å². The van der Waals surface area contributed by atoms with Crippen LogP contribution in [0.4, 0.5) is 16.2 Å². The number of nitro groups is 1. The molecule has 0 atom stereocenters. The third kappa shape index (κ3) is 2.83. The molecule has 1 aromatic rings. The molecular weight excluding hydrogens is 202 g/mol. The van der Waals surface area contributed by atoms with E-state index in [1.807, 2.05) is 0 Å². The SMILES string of the molecule is Nc1ccc(CNC(=O)O)cc1[N+](=O)[O-]. The van der Waals surface area contributed by atoms with E-state index in [9.17, 15) is 14.9 Å². The number of anilines is 1. The molecule has 0 saturated heterocycles. The van der Waals surface area contributed by atoms with Gasteiger partial charge in [-0.3, -0.25) is 10.1 Å². The van der Waals surface area contributed by atoms with Gasteiger partial charge in [0.25, 0.3) is 5.69 Å². The standard InChI is InChI=1S/C8H9N3O4/c9-6-2-1-5(4-10-8(12)13)3-7(6)11(14)15/h1-3,10H,4,9H2,(H,12,13). The monoisotopic (exact) mass is 211 g/mol. The zero-order chi connectivity index (χ0) is 11.4. The summed E-state index contributed by atoms with van der Waals surface area (Å²) in [4.78, 5) is 20.1. The van der Waals surface area contributed by atoms with E-state index in [4.69, 9.17) is 10.8 Å². The second kappa shape index (κ2) is 4.27. The number of rotatable bonds is 3. The van der Waals surface area contributed by atoms with Crippen LogP contribution >= 0.6 is 0 Å². The van der Waals surface area contributed by atoms with Gasteiger partial charge in [0.05, 0.1) is 4.92 Å². The van der Waals surface area contributed by atoms with Crippen LogP contribution in [0.5, 0.6) is 0 Å². The van der Waals surface area contributed by atoms with Gasteiger partial charge in [-0.15, -0.1) is 0 Å². The van der Waals surface area contributed by atoms with Crippen molar-refractivity contribution in [3.8, 4) is 0 Å². The highest BCUT2D eigenvalue weighted by atomic mass is 16.6. The maximum atomic E-state index is 10.5. The first-order valence-electron chi connectivity index (χ1n) is 4.00. The maximum absolute atomic E-state index is 10.5. The van der Waals surface area contributed by atoms with E-state index in [1.54, 1.807) is 0 Å². The number of benzene rings is 1. The van der Waals surface area contributed by atoms with Gasteiger partial charge in [-0.1, -0.05) is 6.07 Å². The lowest BCUT2D eigenvalue weighted by Crippen LogP contribution is -2.19. The molecule has 7 heteroatoms. The number of nitrogens with two attached hydrogens (primary N) is 1. The minimum Gasteiger partial charge on any atom is -0.465 e. The minimum absolute atomic E-state index is 0.0104. The molecule has 0 aliphatic rings. The topological polar surface area (TPSA) is 118 Å². The van der Waals surface area contributed by atoms with Crippen LogP contribution in [0.25, 0.3) is 0 Å². The number of nitrogen functional groups attached to an aromatic ring is 1. The van der Waals surface area contributed by atoms with Gasteiger partial charge in [0.15, 0.2) is 0 Å². The van der Waals surface area contributed by atoms with Crippen LogP contribution in [-0.2, 0) is 6.54 Å². The van der Waals surface area contributed by atoms with Crippen molar-refractivity contribution >= 4 is 17.5 Å². The van der Waals surface area contributed by atoms with Gasteiger partial charge in [0.1, 0.15) is 5.69 Å². The largest absolute Gasteiger partial charge is 0.465 e. The Balaban J connectivity index is 2.87. The number of nitrogens with one attached hydrogen (secondary N) is 1. The van der Waals surface area contributed by atoms with Crippen molar-refractivity contribution in [3.05, 3.63) is 33.9 Å². The molecule has 0 aliphatic carbocycles. The highest BCUT2D eigenvalue weighted by Gasteiger charge is 2.11. The van der Waals surface area contributed by atoms with E-state index >= 15 is 0 Å². The summed E-state index contributed by atoms with van der Waals surface area (Å²) in [6.07, 6.45) is -1.19. The summed E-state index contributed by atoms with van der Waals surface area (Å²) in [5.41, 5.74) is 5.68. The van der Waals surface area contributed by atoms with Gasteiger partial charge in [-0.05, 0) is 11.6 Å². The van der Waals surface area contributed by atoms with Crippen molar-refractivity contribution in [1.82, 2.24) is 5.32 Å². The van der Waals surface area contributed by atoms with Crippen molar-refractivity contribution < 1.29 is 14.8 Å². The van der Waals surface area contributed by atoms with Crippen LogP contribution in [0.15, 0.2) is 18.2 Å². The van der Waals surface area contributed by atoms with Crippen molar-refractivity contribution in [2.45, 2.75) is 6.54 Å². The Morgan fingerprint density at radius 1 is 1.60 bits per heavy atom. The molecule has 0 heterocycles. The highest BCUT2D eigenvalue weighted by molar-refractivity contribution is 5.65. The van der Waals surface area contributed by atoms with Crippen LogP contribution in [-0.4, -0.2) is 16.1 Å². The Bertz CT molecular complexity index is 405. The van der Waals surface area contributed by atoms with Crippen LogP contribution in [0.2, 0.25) is 0 Å². The molecule has 15 heavy (non-hydrogen) atoms. The molecular formula is C8H9N3O4. The Morgan fingerprint density at radius 3 is 2.80 bits per heavy atom. The predicted molar refractivity (Wildman–Crippen MR) is 52.4 cm³/mol. The molecule has 1 amide bonds. The van der Waals surface area contributed by atoms with Gasteiger partial charge in [-0.25, -0.2) is 4.79 Å². The van der Waals surface area contributed by atoms with Crippen LogP contribution in [0.3, 0.4) is 0 Å². The predicted octanol–water partition coefficient (Wildman–Crippen LogP) is 0.945. The Labute approximate surface area is 84.7 Å². The molecule has 0 radical (unpaired) electrons. The number of amides is 1. The van der Waals surface area contributed by atoms with Crippen LogP contribution in [0, 0.1) is 10.1 Å². The molecule has 80 valence electrons. The van der Waals surface area contributed by atoms with E-state index in [2.05, 4.69) is 5.32 Å². The number of nitro benzene ring substituents is 1. The lowest BCUT2D eigenvalue weighted by atomic mass is 10.2. The zero-order valence-electron chi connectivity index (χ0n) is 7.64. The molecule has 0 saturated carbocycles. The van der Waals surface area contributed by atoms with Gasteiger partial charge in [0.2, 0.25) is 0 Å². The highest BCUT2D eigenvalue weighted by Crippen LogP contribution is 2.21. The number of hydrogen-bond acceptors (Lipinski definition) is 4. The van der Waals surface area contributed by atoms with Crippen molar-refractivity contribution in [2.75, 3.05) is 5.73 Å². The molecule has 0 bridgehead atoms. The Morgan fingerprint density at radius 2 is 2.27 bits per heavy atom. The summed E-state index contributed by atoms with van der Waals surface area (Å²) in [6.45, 7) is 0.0104. The molecule has 0 aliphatic heterocycles. The molecule has 0 unspecified atom stereocenters. The Kier molecular flexibility index (Phi) is 3.06. The molecule has 1 rings (SSSR count). The maximum Gasteiger partial charge on any atom is 0.404 e.